The summed E-state index contributed by atoms with van der Waals surface area (Å²) in [6.07, 6.45) is 0. The normalized spacial score (nSPS) is 17.0. The fourth-order valence-corrected chi connectivity index (χ4v) is 2.76. The highest BCUT2D eigenvalue weighted by Crippen LogP contribution is 2.15. The third kappa shape index (κ3) is 7.02. The maximum atomic E-state index is 12.3. The van der Waals surface area contributed by atoms with Crippen LogP contribution in [-0.4, -0.2) is 54.5 Å². The zero-order valence-electron chi connectivity index (χ0n) is 15.3. The van der Waals surface area contributed by atoms with Crippen LogP contribution in [0.15, 0.2) is 24.3 Å². The van der Waals surface area contributed by atoms with Crippen molar-refractivity contribution < 1.29 is 9.53 Å². The van der Waals surface area contributed by atoms with Gasteiger partial charge >= 0.3 is 0 Å². The molecule has 2 N–H and O–H groups in total. The number of amides is 1. The van der Waals surface area contributed by atoms with Crippen LogP contribution >= 0.6 is 24.8 Å². The minimum Gasteiger partial charge on any atom is -0.494 e. The molecule has 0 spiro atoms. The van der Waals surface area contributed by atoms with Gasteiger partial charge in [-0.3, -0.25) is 9.69 Å². The summed E-state index contributed by atoms with van der Waals surface area (Å²) in [4.78, 5) is 16.6. The Labute approximate surface area is 163 Å². The van der Waals surface area contributed by atoms with Gasteiger partial charge in [0.1, 0.15) is 5.75 Å². The average Bonchev–Trinajstić information content (AvgIpc) is 2.56. The fraction of sp³-hybridized carbons (Fsp3) is 0.611. The molecule has 25 heavy (non-hydrogen) atoms. The monoisotopic (exact) mass is 391 g/mol. The first-order valence-corrected chi connectivity index (χ1v) is 8.49. The van der Waals surface area contributed by atoms with Crippen molar-refractivity contribution in [3.05, 3.63) is 29.8 Å². The number of rotatable bonds is 6. The largest absolute Gasteiger partial charge is 0.494 e. The SMILES string of the molecule is CCOc1ccc(CN2CCN(C(=O)C(C)C(C)N)CC2)cc1.Cl.Cl. The topological polar surface area (TPSA) is 58.8 Å². The Morgan fingerprint density at radius 2 is 1.68 bits per heavy atom. The van der Waals surface area contributed by atoms with E-state index in [4.69, 9.17) is 10.5 Å². The molecule has 1 aliphatic rings. The predicted molar refractivity (Wildman–Crippen MR) is 107 cm³/mol. The van der Waals surface area contributed by atoms with Crippen molar-refractivity contribution >= 4 is 30.7 Å². The van der Waals surface area contributed by atoms with Gasteiger partial charge in [0.15, 0.2) is 0 Å². The Kier molecular flexibility index (Phi) is 11.1. The van der Waals surface area contributed by atoms with Gasteiger partial charge in [0.05, 0.1) is 12.5 Å². The van der Waals surface area contributed by atoms with Crippen LogP contribution in [0.1, 0.15) is 26.3 Å². The molecule has 1 aromatic carbocycles. The Morgan fingerprint density at radius 1 is 1.12 bits per heavy atom. The fourth-order valence-electron chi connectivity index (χ4n) is 2.76. The number of halogens is 2. The van der Waals surface area contributed by atoms with Crippen molar-refractivity contribution in [2.24, 2.45) is 11.7 Å². The van der Waals surface area contributed by atoms with Crippen LogP contribution in [-0.2, 0) is 11.3 Å². The van der Waals surface area contributed by atoms with E-state index >= 15 is 0 Å². The second-order valence-corrected chi connectivity index (χ2v) is 6.33. The van der Waals surface area contributed by atoms with E-state index in [1.165, 1.54) is 5.56 Å². The van der Waals surface area contributed by atoms with Crippen molar-refractivity contribution in [3.8, 4) is 5.75 Å². The van der Waals surface area contributed by atoms with Gasteiger partial charge in [0.25, 0.3) is 0 Å². The second kappa shape index (κ2) is 11.6. The summed E-state index contributed by atoms with van der Waals surface area (Å²) < 4.78 is 5.46. The standard InChI is InChI=1S/C18H29N3O2.2ClH/c1-4-23-17-7-5-16(6-8-17)13-20-9-11-21(12-10-20)18(22)14(2)15(3)19;;/h5-8,14-15H,4,9-13,19H2,1-3H3;2*1H. The van der Waals surface area contributed by atoms with Crippen LogP contribution in [0.3, 0.4) is 0 Å². The van der Waals surface area contributed by atoms with Crippen LogP contribution in [0, 0.1) is 5.92 Å². The molecule has 0 aliphatic carbocycles. The minimum absolute atomic E-state index is 0. The molecule has 1 aliphatic heterocycles. The summed E-state index contributed by atoms with van der Waals surface area (Å²) in [6, 6.07) is 8.16. The Balaban J connectivity index is 0.00000288. The van der Waals surface area contributed by atoms with Gasteiger partial charge in [-0.15, -0.1) is 24.8 Å². The van der Waals surface area contributed by atoms with E-state index in [2.05, 4.69) is 17.0 Å². The number of hydrogen-bond acceptors (Lipinski definition) is 4. The number of carbonyl (C=O) groups is 1. The first kappa shape index (κ1) is 24.0. The van der Waals surface area contributed by atoms with Gasteiger partial charge in [-0.05, 0) is 31.5 Å². The molecule has 2 unspecified atom stereocenters. The molecule has 1 fully saturated rings. The van der Waals surface area contributed by atoms with Gasteiger partial charge in [0, 0.05) is 38.8 Å². The molecule has 0 saturated carbocycles. The summed E-state index contributed by atoms with van der Waals surface area (Å²) in [7, 11) is 0. The van der Waals surface area contributed by atoms with Crippen LogP contribution in [0.4, 0.5) is 0 Å². The molecule has 1 heterocycles. The van der Waals surface area contributed by atoms with Crippen molar-refractivity contribution in [2.45, 2.75) is 33.4 Å². The van der Waals surface area contributed by atoms with Crippen molar-refractivity contribution in [3.63, 3.8) is 0 Å². The zero-order valence-corrected chi connectivity index (χ0v) is 16.9. The number of carbonyl (C=O) groups excluding carboxylic acids is 1. The smallest absolute Gasteiger partial charge is 0.227 e. The summed E-state index contributed by atoms with van der Waals surface area (Å²) in [5.41, 5.74) is 7.11. The number of hydrogen-bond donors (Lipinski definition) is 1. The first-order chi connectivity index (χ1) is 11.0. The highest BCUT2D eigenvalue weighted by atomic mass is 35.5. The molecule has 2 atom stereocenters. The lowest BCUT2D eigenvalue weighted by Gasteiger charge is -2.36. The molecular weight excluding hydrogens is 361 g/mol. The van der Waals surface area contributed by atoms with Crippen LogP contribution in [0.5, 0.6) is 5.75 Å². The van der Waals surface area contributed by atoms with E-state index in [1.807, 2.05) is 37.8 Å². The molecule has 144 valence electrons. The van der Waals surface area contributed by atoms with E-state index in [0.29, 0.717) is 6.61 Å². The van der Waals surface area contributed by atoms with Gasteiger partial charge in [-0.1, -0.05) is 19.1 Å². The van der Waals surface area contributed by atoms with E-state index in [-0.39, 0.29) is 42.7 Å². The molecule has 0 aromatic heterocycles. The first-order valence-electron chi connectivity index (χ1n) is 8.49. The molecule has 1 aromatic rings. The molecule has 1 saturated heterocycles. The highest BCUT2D eigenvalue weighted by molar-refractivity contribution is 5.85. The maximum absolute atomic E-state index is 12.3. The van der Waals surface area contributed by atoms with Crippen molar-refractivity contribution in [1.82, 2.24) is 9.80 Å². The van der Waals surface area contributed by atoms with E-state index in [0.717, 1.165) is 38.5 Å². The van der Waals surface area contributed by atoms with Crippen LogP contribution in [0.2, 0.25) is 0 Å². The van der Waals surface area contributed by atoms with E-state index in [9.17, 15) is 4.79 Å². The number of nitrogens with two attached hydrogens (primary N) is 1. The summed E-state index contributed by atoms with van der Waals surface area (Å²) >= 11 is 0. The summed E-state index contributed by atoms with van der Waals surface area (Å²) in [5, 5.41) is 0. The third-order valence-electron chi connectivity index (χ3n) is 4.50. The number of piperazine rings is 1. The van der Waals surface area contributed by atoms with Gasteiger partial charge in [0.2, 0.25) is 5.91 Å². The van der Waals surface area contributed by atoms with E-state index < -0.39 is 0 Å². The molecule has 0 radical (unpaired) electrons. The lowest BCUT2D eigenvalue weighted by Crippen LogP contribution is -2.51. The van der Waals surface area contributed by atoms with Crippen LogP contribution in [0.25, 0.3) is 0 Å². The van der Waals surface area contributed by atoms with Crippen molar-refractivity contribution in [2.75, 3.05) is 32.8 Å². The van der Waals surface area contributed by atoms with E-state index in [1.54, 1.807) is 0 Å². The molecular formula is C18H31Cl2N3O2. The third-order valence-corrected chi connectivity index (χ3v) is 4.50. The second-order valence-electron chi connectivity index (χ2n) is 6.33. The summed E-state index contributed by atoms with van der Waals surface area (Å²) in [6.45, 7) is 10.8. The minimum atomic E-state index is -0.104. The average molecular weight is 392 g/mol. The molecule has 5 nitrogen and oxygen atoms in total. The number of benzene rings is 1. The van der Waals surface area contributed by atoms with Gasteiger partial charge in [-0.25, -0.2) is 0 Å². The Hall–Kier alpha value is -1.01. The summed E-state index contributed by atoms with van der Waals surface area (Å²) in [5.74, 6) is 0.991. The molecule has 0 bridgehead atoms. The zero-order chi connectivity index (χ0) is 16.8. The van der Waals surface area contributed by atoms with Gasteiger partial charge in [-0.2, -0.15) is 0 Å². The highest BCUT2D eigenvalue weighted by Gasteiger charge is 2.26. The number of nitrogens with zero attached hydrogens (tertiary/aromatic N) is 2. The van der Waals surface area contributed by atoms with Crippen molar-refractivity contribution in [1.29, 1.82) is 0 Å². The quantitative estimate of drug-likeness (QED) is 0.809. The Bertz CT molecular complexity index is 504. The lowest BCUT2D eigenvalue weighted by molar-refractivity contribution is -0.137. The molecule has 1 amide bonds. The Morgan fingerprint density at radius 3 is 2.16 bits per heavy atom. The van der Waals surface area contributed by atoms with Crippen LogP contribution < -0.4 is 10.5 Å². The maximum Gasteiger partial charge on any atom is 0.227 e. The molecule has 2 rings (SSSR count). The predicted octanol–water partition coefficient (Wildman–Crippen LogP) is 2.56. The van der Waals surface area contributed by atoms with Gasteiger partial charge < -0.3 is 15.4 Å². The lowest BCUT2D eigenvalue weighted by atomic mass is 10.0. The molecule has 7 heteroatoms. The number of ether oxygens (including phenoxy) is 1.